The molecule has 0 spiro atoms. The Hall–Kier alpha value is -4.01. The number of hydrogen-bond acceptors (Lipinski definition) is 4. The van der Waals surface area contributed by atoms with Crippen LogP contribution in [0.1, 0.15) is 33.1 Å². The lowest BCUT2D eigenvalue weighted by molar-refractivity contribution is -0.132. The van der Waals surface area contributed by atoms with Gasteiger partial charge < -0.3 is 15.7 Å². The third-order valence-corrected chi connectivity index (χ3v) is 4.87. The molecule has 3 aromatic rings. The molecule has 0 aliphatic carbocycles. The van der Waals surface area contributed by atoms with Crippen LogP contribution in [0.2, 0.25) is 0 Å². The number of aromatic nitrogens is 2. The molecule has 0 bridgehead atoms. The largest absolute Gasteiger partial charge is 0.477 e. The number of anilines is 2. The number of aliphatic carboxylic acids is 1. The summed E-state index contributed by atoms with van der Waals surface area (Å²) in [7, 11) is 0. The maximum absolute atomic E-state index is 14.4. The van der Waals surface area contributed by atoms with Crippen LogP contribution >= 0.6 is 0 Å². The Morgan fingerprint density at radius 1 is 1.13 bits per heavy atom. The zero-order valence-corrected chi connectivity index (χ0v) is 16.6. The number of nitrogens with zero attached hydrogens (tertiary/aromatic N) is 2. The van der Waals surface area contributed by atoms with Gasteiger partial charge in [0.1, 0.15) is 34.8 Å². The minimum atomic E-state index is -1.29. The van der Waals surface area contributed by atoms with Gasteiger partial charge in [-0.1, -0.05) is 12.1 Å². The Kier molecular flexibility index (Phi) is 5.02. The van der Waals surface area contributed by atoms with Gasteiger partial charge in [0.2, 0.25) is 0 Å². The quantitative estimate of drug-likeness (QED) is 0.588. The number of carboxylic acids is 1. The molecular weight excluding hydrogens is 406 g/mol. The molecule has 31 heavy (non-hydrogen) atoms. The zero-order valence-electron chi connectivity index (χ0n) is 16.6. The molecule has 3 N–H and O–H groups in total. The van der Waals surface area contributed by atoms with Crippen molar-refractivity contribution in [2.45, 2.75) is 19.9 Å². The van der Waals surface area contributed by atoms with Crippen LogP contribution < -0.4 is 10.6 Å². The number of halogens is 2. The predicted octanol–water partition coefficient (Wildman–Crippen LogP) is 4.01. The number of allylic oxidation sites excluding steroid dienone is 1. The molecule has 0 saturated heterocycles. The topological polar surface area (TPSA) is 96.3 Å². The van der Waals surface area contributed by atoms with Gasteiger partial charge in [-0.3, -0.25) is 4.79 Å². The molecule has 0 fully saturated rings. The van der Waals surface area contributed by atoms with E-state index in [1.54, 1.807) is 12.1 Å². The molecule has 0 radical (unpaired) electrons. The van der Waals surface area contributed by atoms with Gasteiger partial charge in [0.15, 0.2) is 0 Å². The summed E-state index contributed by atoms with van der Waals surface area (Å²) in [5.74, 6) is -3.32. The van der Waals surface area contributed by atoms with Crippen molar-refractivity contribution in [2.24, 2.45) is 0 Å². The first-order chi connectivity index (χ1) is 14.7. The standard InChI is InChI=1S/C22H18F2N4O3/c1-11-5-12(2)7-14(6-11)26-21(29)16-10-25-28-19(9-18(22(30)31)27-20(16)28)15-4-3-13(23)8-17(15)24/h3-10,19,27H,1-2H3,(H,26,29)(H,30,31)/t19-/m0/s1. The van der Waals surface area contributed by atoms with Gasteiger partial charge in [0, 0.05) is 17.3 Å². The van der Waals surface area contributed by atoms with Crippen molar-refractivity contribution in [2.75, 3.05) is 10.6 Å². The summed E-state index contributed by atoms with van der Waals surface area (Å²) in [4.78, 5) is 24.5. The molecule has 2 heterocycles. The van der Waals surface area contributed by atoms with Crippen LogP contribution in [-0.4, -0.2) is 26.8 Å². The third kappa shape index (κ3) is 3.89. The number of aryl methyl sites for hydroxylation is 2. The number of nitrogens with one attached hydrogen (secondary N) is 2. The van der Waals surface area contributed by atoms with E-state index in [-0.39, 0.29) is 22.6 Å². The minimum Gasteiger partial charge on any atom is -0.477 e. The van der Waals surface area contributed by atoms with Crippen LogP contribution in [-0.2, 0) is 4.79 Å². The van der Waals surface area contributed by atoms with Crippen LogP contribution in [0.3, 0.4) is 0 Å². The van der Waals surface area contributed by atoms with E-state index in [0.717, 1.165) is 17.2 Å². The fraction of sp³-hybridized carbons (Fsp3) is 0.136. The molecule has 2 aromatic carbocycles. The highest BCUT2D eigenvalue weighted by atomic mass is 19.1. The van der Waals surface area contributed by atoms with Crippen molar-refractivity contribution in [3.8, 4) is 0 Å². The Balaban J connectivity index is 1.74. The van der Waals surface area contributed by atoms with Gasteiger partial charge in [-0.15, -0.1) is 0 Å². The maximum Gasteiger partial charge on any atom is 0.352 e. The summed E-state index contributed by atoms with van der Waals surface area (Å²) in [5.41, 5.74) is 2.36. The number of hydrogen-bond donors (Lipinski definition) is 3. The monoisotopic (exact) mass is 424 g/mol. The van der Waals surface area contributed by atoms with Crippen molar-refractivity contribution < 1.29 is 23.5 Å². The van der Waals surface area contributed by atoms with E-state index in [1.165, 1.54) is 23.0 Å². The summed E-state index contributed by atoms with van der Waals surface area (Å²) < 4.78 is 29.1. The number of fused-ring (bicyclic) bond motifs is 1. The number of benzene rings is 2. The molecule has 9 heteroatoms. The molecule has 1 atom stereocenters. The normalized spacial score (nSPS) is 15.0. The Morgan fingerprint density at radius 2 is 1.84 bits per heavy atom. The third-order valence-electron chi connectivity index (χ3n) is 4.87. The second kappa shape index (κ2) is 7.67. The number of rotatable bonds is 4. The van der Waals surface area contributed by atoms with E-state index in [9.17, 15) is 23.5 Å². The van der Waals surface area contributed by atoms with Crippen LogP contribution in [0.5, 0.6) is 0 Å². The second-order valence-electron chi connectivity index (χ2n) is 7.30. The van der Waals surface area contributed by atoms with E-state index < -0.39 is 29.6 Å². The van der Waals surface area contributed by atoms with Crippen molar-refractivity contribution in [1.29, 1.82) is 0 Å². The van der Waals surface area contributed by atoms with E-state index >= 15 is 0 Å². The molecule has 1 aliphatic rings. The van der Waals surface area contributed by atoms with E-state index in [1.807, 2.05) is 19.9 Å². The Bertz CT molecular complexity index is 1230. The van der Waals surface area contributed by atoms with E-state index in [0.29, 0.717) is 11.8 Å². The number of carbonyl (C=O) groups is 2. The van der Waals surface area contributed by atoms with Gasteiger partial charge >= 0.3 is 5.97 Å². The highest BCUT2D eigenvalue weighted by Crippen LogP contribution is 2.33. The van der Waals surface area contributed by atoms with Crippen LogP contribution in [0.15, 0.2) is 54.4 Å². The lowest BCUT2D eigenvalue weighted by Gasteiger charge is -2.24. The highest BCUT2D eigenvalue weighted by molar-refractivity contribution is 6.08. The molecule has 0 saturated carbocycles. The predicted molar refractivity (Wildman–Crippen MR) is 110 cm³/mol. The summed E-state index contributed by atoms with van der Waals surface area (Å²) in [5, 5.41) is 19.1. The summed E-state index contributed by atoms with van der Waals surface area (Å²) in [6.07, 6.45) is 2.53. The average Bonchev–Trinajstić information content (AvgIpc) is 3.11. The van der Waals surface area contributed by atoms with Crippen LogP contribution in [0, 0.1) is 25.5 Å². The van der Waals surface area contributed by atoms with Crippen LogP contribution in [0.25, 0.3) is 0 Å². The van der Waals surface area contributed by atoms with Crippen LogP contribution in [0.4, 0.5) is 20.3 Å². The first-order valence-corrected chi connectivity index (χ1v) is 9.37. The number of amides is 1. The highest BCUT2D eigenvalue weighted by Gasteiger charge is 2.30. The first-order valence-electron chi connectivity index (χ1n) is 9.37. The Labute approximate surface area is 176 Å². The van der Waals surface area contributed by atoms with Crippen molar-refractivity contribution in [1.82, 2.24) is 9.78 Å². The van der Waals surface area contributed by atoms with Gasteiger partial charge in [-0.05, 0) is 49.2 Å². The van der Waals surface area contributed by atoms with Crippen molar-refractivity contribution in [3.63, 3.8) is 0 Å². The molecule has 0 unspecified atom stereocenters. The van der Waals surface area contributed by atoms with E-state index in [4.69, 9.17) is 0 Å². The smallest absolute Gasteiger partial charge is 0.352 e. The maximum atomic E-state index is 14.4. The molecule has 1 aliphatic heterocycles. The van der Waals surface area contributed by atoms with Gasteiger partial charge in [-0.25, -0.2) is 18.3 Å². The molecular formula is C22H18F2N4O3. The first kappa shape index (κ1) is 20.3. The fourth-order valence-electron chi connectivity index (χ4n) is 3.59. The van der Waals surface area contributed by atoms with Gasteiger partial charge in [0.25, 0.3) is 5.91 Å². The molecule has 4 rings (SSSR count). The summed E-state index contributed by atoms with van der Waals surface area (Å²) >= 11 is 0. The van der Waals surface area contributed by atoms with Gasteiger partial charge in [-0.2, -0.15) is 5.10 Å². The molecule has 1 amide bonds. The lowest BCUT2D eigenvalue weighted by atomic mass is 10.0. The second-order valence-corrected chi connectivity index (χ2v) is 7.30. The molecule has 1 aromatic heterocycles. The fourth-order valence-corrected chi connectivity index (χ4v) is 3.59. The minimum absolute atomic E-state index is 0.0206. The SMILES string of the molecule is Cc1cc(C)cc(NC(=O)c2cnn3c2NC(C(=O)O)=C[C@H]3c2ccc(F)cc2F)c1. The lowest BCUT2D eigenvalue weighted by Crippen LogP contribution is -2.26. The average molecular weight is 424 g/mol. The molecule has 7 nitrogen and oxygen atoms in total. The Morgan fingerprint density at radius 3 is 2.48 bits per heavy atom. The number of carbonyl (C=O) groups excluding carboxylic acids is 1. The van der Waals surface area contributed by atoms with E-state index in [2.05, 4.69) is 15.7 Å². The number of carboxylic acid groups (broad SMARTS) is 1. The summed E-state index contributed by atoms with van der Waals surface area (Å²) in [6, 6.07) is 7.59. The van der Waals surface area contributed by atoms with Crippen molar-refractivity contribution in [3.05, 3.63) is 88.3 Å². The summed E-state index contributed by atoms with van der Waals surface area (Å²) in [6.45, 7) is 3.80. The van der Waals surface area contributed by atoms with Gasteiger partial charge in [0.05, 0.1) is 6.20 Å². The van der Waals surface area contributed by atoms with Crippen molar-refractivity contribution >= 4 is 23.4 Å². The molecule has 158 valence electrons. The zero-order chi connectivity index (χ0) is 22.3.